The third-order valence-electron chi connectivity index (χ3n) is 3.45. The van der Waals surface area contributed by atoms with Gasteiger partial charge in [0.05, 0.1) is 0 Å². The van der Waals surface area contributed by atoms with Crippen molar-refractivity contribution in [1.82, 2.24) is 5.32 Å². The zero-order chi connectivity index (χ0) is 13.5. The van der Waals surface area contributed by atoms with E-state index in [-0.39, 0.29) is 0 Å². The fraction of sp³-hybridized carbons (Fsp3) is 0.333. The van der Waals surface area contributed by atoms with Crippen molar-refractivity contribution in [2.24, 2.45) is 0 Å². The lowest BCUT2D eigenvalue weighted by Crippen LogP contribution is -2.20. The molecule has 0 radical (unpaired) electrons. The summed E-state index contributed by atoms with van der Waals surface area (Å²) in [6.07, 6.45) is 2.37. The predicted molar refractivity (Wildman–Crippen MR) is 82.1 cm³/mol. The minimum Gasteiger partial charge on any atom is -0.306 e. The highest BCUT2D eigenvalue weighted by Gasteiger charge is 2.09. The Morgan fingerprint density at radius 2 is 1.63 bits per heavy atom. The molecule has 2 aromatic rings. The molecule has 0 aromatic heterocycles. The maximum atomic E-state index is 3.67. The second kappa shape index (κ2) is 7.10. The lowest BCUT2D eigenvalue weighted by Gasteiger charge is -2.18. The molecule has 1 unspecified atom stereocenters. The van der Waals surface area contributed by atoms with Crippen molar-refractivity contribution in [2.75, 3.05) is 0 Å². The molecule has 1 atom stereocenters. The second-order valence-electron chi connectivity index (χ2n) is 5.12. The van der Waals surface area contributed by atoms with Crippen molar-refractivity contribution in [1.29, 1.82) is 0 Å². The largest absolute Gasteiger partial charge is 0.306 e. The third kappa shape index (κ3) is 4.22. The van der Waals surface area contributed by atoms with Crippen LogP contribution in [0.4, 0.5) is 0 Å². The molecule has 0 bridgehead atoms. The number of nitrogens with one attached hydrogen (secondary N) is 1. The number of rotatable bonds is 6. The molecule has 0 spiro atoms. The minimum atomic E-state index is 0.451. The maximum absolute atomic E-state index is 3.67. The molecule has 0 aliphatic rings. The van der Waals surface area contributed by atoms with Gasteiger partial charge in [0, 0.05) is 12.6 Å². The van der Waals surface area contributed by atoms with Gasteiger partial charge in [-0.1, -0.05) is 73.5 Å². The van der Waals surface area contributed by atoms with E-state index in [4.69, 9.17) is 0 Å². The lowest BCUT2D eigenvalue weighted by atomic mass is 10.0. The van der Waals surface area contributed by atoms with E-state index in [2.05, 4.69) is 73.8 Å². The van der Waals surface area contributed by atoms with Gasteiger partial charge in [-0.15, -0.1) is 0 Å². The molecule has 19 heavy (non-hydrogen) atoms. The van der Waals surface area contributed by atoms with E-state index in [0.717, 1.165) is 6.54 Å². The highest BCUT2D eigenvalue weighted by Crippen LogP contribution is 2.18. The maximum Gasteiger partial charge on any atom is 0.0323 e. The molecule has 0 fully saturated rings. The van der Waals surface area contributed by atoms with Gasteiger partial charge in [-0.3, -0.25) is 0 Å². The number of aryl methyl sites for hydroxylation is 1. The monoisotopic (exact) mass is 253 g/mol. The second-order valence-corrected chi connectivity index (χ2v) is 5.12. The van der Waals surface area contributed by atoms with Crippen LogP contribution in [-0.4, -0.2) is 0 Å². The number of hydrogen-bond donors (Lipinski definition) is 1. The third-order valence-corrected chi connectivity index (χ3v) is 3.45. The van der Waals surface area contributed by atoms with Crippen molar-refractivity contribution in [3.8, 4) is 0 Å². The van der Waals surface area contributed by atoms with Gasteiger partial charge < -0.3 is 5.32 Å². The van der Waals surface area contributed by atoms with Gasteiger partial charge in [0.15, 0.2) is 0 Å². The van der Waals surface area contributed by atoms with E-state index in [9.17, 15) is 0 Å². The first-order chi connectivity index (χ1) is 9.29. The number of benzene rings is 2. The summed E-state index contributed by atoms with van der Waals surface area (Å²) in [6, 6.07) is 19.9. The van der Waals surface area contributed by atoms with Crippen LogP contribution in [0.3, 0.4) is 0 Å². The van der Waals surface area contributed by atoms with E-state index in [1.807, 2.05) is 0 Å². The molecule has 1 heteroatoms. The van der Waals surface area contributed by atoms with Crippen LogP contribution in [0.15, 0.2) is 54.6 Å². The Hall–Kier alpha value is -1.60. The van der Waals surface area contributed by atoms with Crippen molar-refractivity contribution < 1.29 is 0 Å². The topological polar surface area (TPSA) is 12.0 Å². The van der Waals surface area contributed by atoms with Crippen molar-refractivity contribution in [3.05, 3.63) is 71.3 Å². The first-order valence-electron chi connectivity index (χ1n) is 7.13. The average molecular weight is 253 g/mol. The van der Waals surface area contributed by atoms with Gasteiger partial charge in [0.25, 0.3) is 0 Å². The highest BCUT2D eigenvalue weighted by atomic mass is 14.9. The smallest absolute Gasteiger partial charge is 0.0323 e. The summed E-state index contributed by atoms with van der Waals surface area (Å²) in [7, 11) is 0. The summed E-state index contributed by atoms with van der Waals surface area (Å²) in [5.41, 5.74) is 4.05. The van der Waals surface area contributed by atoms with Gasteiger partial charge >= 0.3 is 0 Å². The molecule has 0 heterocycles. The normalized spacial score (nSPS) is 12.3. The molecular formula is C18H23N. The van der Waals surface area contributed by atoms with Crippen LogP contribution in [0.1, 0.15) is 42.5 Å². The molecule has 0 saturated carbocycles. The first kappa shape index (κ1) is 13.8. The zero-order valence-corrected chi connectivity index (χ0v) is 11.9. The Labute approximate surface area is 116 Å². The molecule has 0 aliphatic carbocycles. The van der Waals surface area contributed by atoms with Gasteiger partial charge in [-0.2, -0.15) is 0 Å². The van der Waals surface area contributed by atoms with Crippen LogP contribution < -0.4 is 5.32 Å². The molecule has 0 saturated heterocycles. The summed E-state index contributed by atoms with van der Waals surface area (Å²) in [5.74, 6) is 0. The molecule has 0 amide bonds. The van der Waals surface area contributed by atoms with Gasteiger partial charge in [0.1, 0.15) is 0 Å². The van der Waals surface area contributed by atoms with Crippen LogP contribution in [0, 0.1) is 6.92 Å². The molecule has 1 nitrogen and oxygen atoms in total. The standard InChI is InChI=1S/C18H23N/c1-3-7-18(17-8-5-4-6-9-17)19-14-16-12-10-15(2)11-13-16/h4-6,8-13,18-19H,3,7,14H2,1-2H3. The van der Waals surface area contributed by atoms with Crippen molar-refractivity contribution >= 4 is 0 Å². The van der Waals surface area contributed by atoms with E-state index in [0.29, 0.717) is 6.04 Å². The summed E-state index contributed by atoms with van der Waals surface area (Å²) in [5, 5.41) is 3.67. The van der Waals surface area contributed by atoms with Gasteiger partial charge in [0.2, 0.25) is 0 Å². The number of hydrogen-bond acceptors (Lipinski definition) is 1. The molecular weight excluding hydrogens is 230 g/mol. The summed E-state index contributed by atoms with van der Waals surface area (Å²) in [6.45, 7) is 5.30. The van der Waals surface area contributed by atoms with Crippen molar-refractivity contribution in [3.63, 3.8) is 0 Å². The first-order valence-corrected chi connectivity index (χ1v) is 7.13. The van der Waals surface area contributed by atoms with Crippen LogP contribution in [0.5, 0.6) is 0 Å². The Morgan fingerprint density at radius 3 is 2.26 bits per heavy atom. The van der Waals surface area contributed by atoms with Gasteiger partial charge in [-0.25, -0.2) is 0 Å². The Morgan fingerprint density at radius 1 is 0.947 bits per heavy atom. The van der Waals surface area contributed by atoms with Crippen molar-refractivity contribution in [2.45, 2.75) is 39.3 Å². The molecule has 0 aliphatic heterocycles. The highest BCUT2D eigenvalue weighted by molar-refractivity contribution is 5.22. The van der Waals surface area contributed by atoms with Crippen LogP contribution in [0.25, 0.3) is 0 Å². The van der Waals surface area contributed by atoms with Crippen LogP contribution in [0.2, 0.25) is 0 Å². The fourth-order valence-electron chi connectivity index (χ4n) is 2.31. The Bertz CT molecular complexity index is 473. The van der Waals surface area contributed by atoms with E-state index >= 15 is 0 Å². The van der Waals surface area contributed by atoms with E-state index in [1.165, 1.54) is 29.5 Å². The van der Waals surface area contributed by atoms with Gasteiger partial charge in [-0.05, 0) is 24.5 Å². The summed E-state index contributed by atoms with van der Waals surface area (Å²) < 4.78 is 0. The molecule has 1 N–H and O–H groups in total. The summed E-state index contributed by atoms with van der Waals surface area (Å²) in [4.78, 5) is 0. The average Bonchev–Trinajstić information content (AvgIpc) is 2.46. The van der Waals surface area contributed by atoms with E-state index < -0.39 is 0 Å². The molecule has 2 aromatic carbocycles. The molecule has 100 valence electrons. The Balaban J connectivity index is 1.99. The Kier molecular flexibility index (Phi) is 5.17. The predicted octanol–water partition coefficient (Wildman–Crippen LogP) is 4.63. The quantitative estimate of drug-likeness (QED) is 0.791. The minimum absolute atomic E-state index is 0.451. The fourth-order valence-corrected chi connectivity index (χ4v) is 2.31. The zero-order valence-electron chi connectivity index (χ0n) is 11.9. The summed E-state index contributed by atoms with van der Waals surface area (Å²) >= 11 is 0. The van der Waals surface area contributed by atoms with Crippen LogP contribution in [-0.2, 0) is 6.54 Å². The van der Waals surface area contributed by atoms with E-state index in [1.54, 1.807) is 0 Å². The molecule has 2 rings (SSSR count). The lowest BCUT2D eigenvalue weighted by molar-refractivity contribution is 0.493. The van der Waals surface area contributed by atoms with Crippen LogP contribution >= 0.6 is 0 Å². The SMILES string of the molecule is CCCC(NCc1ccc(C)cc1)c1ccccc1.